The van der Waals surface area contributed by atoms with Crippen molar-refractivity contribution in [3.8, 4) is 5.75 Å². The Labute approximate surface area is 148 Å². The van der Waals surface area contributed by atoms with Crippen molar-refractivity contribution in [2.45, 2.75) is 6.42 Å². The highest BCUT2D eigenvalue weighted by Gasteiger charge is 2.17. The highest BCUT2D eigenvalue weighted by molar-refractivity contribution is 9.10. The van der Waals surface area contributed by atoms with Crippen LogP contribution in [0.3, 0.4) is 0 Å². The van der Waals surface area contributed by atoms with E-state index in [2.05, 4.69) is 60.2 Å². The SMILES string of the molecule is COc1ccc2[nH]cc(C3=CCN(c4ncc(Br)cn4)CC3)c2c1. The minimum absolute atomic E-state index is 0.772. The van der Waals surface area contributed by atoms with Gasteiger partial charge < -0.3 is 14.6 Å². The van der Waals surface area contributed by atoms with Gasteiger partial charge in [-0.05, 0) is 46.1 Å². The van der Waals surface area contributed by atoms with Crippen LogP contribution in [-0.2, 0) is 0 Å². The van der Waals surface area contributed by atoms with Crippen molar-refractivity contribution in [2.24, 2.45) is 0 Å². The quantitative estimate of drug-likeness (QED) is 0.740. The Balaban J connectivity index is 1.61. The minimum atomic E-state index is 0.772. The molecule has 6 heteroatoms. The zero-order chi connectivity index (χ0) is 16.5. The molecule has 3 aromatic rings. The molecule has 24 heavy (non-hydrogen) atoms. The number of hydrogen-bond donors (Lipinski definition) is 1. The van der Waals surface area contributed by atoms with Crippen molar-refractivity contribution in [1.29, 1.82) is 0 Å². The number of methoxy groups -OCH3 is 1. The fourth-order valence-electron chi connectivity index (χ4n) is 3.06. The lowest BCUT2D eigenvalue weighted by atomic mass is 9.99. The van der Waals surface area contributed by atoms with E-state index in [1.54, 1.807) is 19.5 Å². The molecule has 0 unspecified atom stereocenters. The standard InChI is InChI=1S/C18H17BrN4O/c1-24-14-2-3-17-15(8-14)16(11-20-17)12-4-6-23(7-5-12)18-21-9-13(19)10-22-18/h2-4,8-11,20H,5-7H2,1H3. The molecule has 0 saturated heterocycles. The number of benzene rings is 1. The van der Waals surface area contributed by atoms with E-state index in [0.717, 1.165) is 41.2 Å². The lowest BCUT2D eigenvalue weighted by Gasteiger charge is -2.26. The molecule has 0 amide bonds. The van der Waals surface area contributed by atoms with Gasteiger partial charge in [-0.3, -0.25) is 0 Å². The number of anilines is 1. The van der Waals surface area contributed by atoms with Crippen LogP contribution in [0.4, 0.5) is 5.95 Å². The van der Waals surface area contributed by atoms with Crippen molar-refractivity contribution in [1.82, 2.24) is 15.0 Å². The Hall–Kier alpha value is -2.34. The molecule has 1 aliphatic heterocycles. The molecule has 4 rings (SSSR count). The zero-order valence-electron chi connectivity index (χ0n) is 13.3. The number of aromatic amines is 1. The summed E-state index contributed by atoms with van der Waals surface area (Å²) in [6, 6.07) is 6.12. The molecule has 0 atom stereocenters. The fourth-order valence-corrected chi connectivity index (χ4v) is 3.26. The van der Waals surface area contributed by atoms with Gasteiger partial charge in [0.15, 0.2) is 0 Å². The molecule has 3 heterocycles. The topological polar surface area (TPSA) is 54.0 Å². The Kier molecular flexibility index (Phi) is 3.98. The summed E-state index contributed by atoms with van der Waals surface area (Å²) in [5.74, 6) is 1.65. The first kappa shape index (κ1) is 15.2. The summed E-state index contributed by atoms with van der Waals surface area (Å²) in [6.45, 7) is 1.72. The average molecular weight is 385 g/mol. The molecule has 5 nitrogen and oxygen atoms in total. The van der Waals surface area contributed by atoms with Crippen LogP contribution in [0.2, 0.25) is 0 Å². The summed E-state index contributed by atoms with van der Waals surface area (Å²) < 4.78 is 6.25. The predicted molar refractivity (Wildman–Crippen MR) is 99.4 cm³/mol. The van der Waals surface area contributed by atoms with Crippen LogP contribution in [0.1, 0.15) is 12.0 Å². The first-order valence-corrected chi connectivity index (χ1v) is 8.61. The minimum Gasteiger partial charge on any atom is -0.497 e. The summed E-state index contributed by atoms with van der Waals surface area (Å²) in [7, 11) is 1.70. The van der Waals surface area contributed by atoms with E-state index in [1.807, 2.05) is 6.07 Å². The molecular weight excluding hydrogens is 368 g/mol. The first-order chi connectivity index (χ1) is 11.7. The van der Waals surface area contributed by atoms with Gasteiger partial charge in [-0.2, -0.15) is 0 Å². The molecule has 1 aliphatic rings. The summed E-state index contributed by atoms with van der Waals surface area (Å²) in [5, 5.41) is 1.20. The molecule has 0 spiro atoms. The van der Waals surface area contributed by atoms with E-state index < -0.39 is 0 Å². The van der Waals surface area contributed by atoms with Crippen LogP contribution in [0.15, 0.2) is 47.3 Å². The van der Waals surface area contributed by atoms with Crippen LogP contribution in [0, 0.1) is 0 Å². The summed E-state index contributed by atoms with van der Waals surface area (Å²) >= 11 is 3.37. The number of halogens is 1. The third-order valence-corrected chi connectivity index (χ3v) is 4.74. The average Bonchev–Trinajstić information content (AvgIpc) is 3.05. The van der Waals surface area contributed by atoms with Crippen LogP contribution in [0.25, 0.3) is 16.5 Å². The lowest BCUT2D eigenvalue weighted by molar-refractivity contribution is 0.415. The maximum absolute atomic E-state index is 5.36. The smallest absolute Gasteiger partial charge is 0.225 e. The first-order valence-electron chi connectivity index (χ1n) is 7.81. The van der Waals surface area contributed by atoms with Gasteiger partial charge in [0.05, 0.1) is 11.6 Å². The summed E-state index contributed by atoms with van der Waals surface area (Å²) in [6.07, 6.45) is 8.88. The molecule has 1 aromatic carbocycles. The molecule has 0 fully saturated rings. The second-order valence-electron chi connectivity index (χ2n) is 5.74. The van der Waals surface area contributed by atoms with Crippen LogP contribution in [0.5, 0.6) is 5.75 Å². The van der Waals surface area contributed by atoms with Gasteiger partial charge in [-0.1, -0.05) is 6.08 Å². The third kappa shape index (κ3) is 2.78. The number of nitrogens with one attached hydrogen (secondary N) is 1. The van der Waals surface area contributed by atoms with Crippen molar-refractivity contribution < 1.29 is 4.74 Å². The zero-order valence-corrected chi connectivity index (χ0v) is 14.9. The molecule has 0 saturated carbocycles. The second kappa shape index (κ2) is 6.28. The molecular formula is C18H17BrN4O. The molecule has 0 radical (unpaired) electrons. The van der Waals surface area contributed by atoms with E-state index >= 15 is 0 Å². The van der Waals surface area contributed by atoms with E-state index in [4.69, 9.17) is 4.74 Å². The number of hydrogen-bond acceptors (Lipinski definition) is 4. The number of H-pyrrole nitrogens is 1. The van der Waals surface area contributed by atoms with E-state index in [9.17, 15) is 0 Å². The summed E-state index contributed by atoms with van der Waals surface area (Å²) in [4.78, 5) is 14.3. The van der Waals surface area contributed by atoms with E-state index in [0.29, 0.717) is 0 Å². The van der Waals surface area contributed by atoms with Crippen LogP contribution >= 0.6 is 15.9 Å². The van der Waals surface area contributed by atoms with Crippen molar-refractivity contribution >= 4 is 38.4 Å². The number of rotatable bonds is 3. The van der Waals surface area contributed by atoms with Gasteiger partial charge in [0.25, 0.3) is 0 Å². The van der Waals surface area contributed by atoms with Crippen molar-refractivity contribution in [3.63, 3.8) is 0 Å². The number of fused-ring (bicyclic) bond motifs is 1. The van der Waals surface area contributed by atoms with Gasteiger partial charge in [-0.25, -0.2) is 9.97 Å². The predicted octanol–water partition coefficient (Wildman–Crippen LogP) is 4.02. The van der Waals surface area contributed by atoms with Crippen LogP contribution in [-0.4, -0.2) is 35.2 Å². The third-order valence-electron chi connectivity index (χ3n) is 4.33. The number of aromatic nitrogens is 3. The number of ether oxygens (including phenoxy) is 1. The van der Waals surface area contributed by atoms with E-state index in [-0.39, 0.29) is 0 Å². The van der Waals surface area contributed by atoms with Crippen LogP contribution < -0.4 is 9.64 Å². The van der Waals surface area contributed by atoms with Gasteiger partial charge >= 0.3 is 0 Å². The van der Waals surface area contributed by atoms with Gasteiger partial charge in [0.2, 0.25) is 5.95 Å². The van der Waals surface area contributed by atoms with Crippen molar-refractivity contribution in [2.75, 3.05) is 25.1 Å². The molecule has 2 aromatic heterocycles. The Bertz CT molecular complexity index is 901. The maximum Gasteiger partial charge on any atom is 0.225 e. The Morgan fingerprint density at radius 2 is 2.08 bits per heavy atom. The normalized spacial score (nSPS) is 14.8. The maximum atomic E-state index is 5.36. The largest absolute Gasteiger partial charge is 0.497 e. The van der Waals surface area contributed by atoms with E-state index in [1.165, 1.54) is 16.5 Å². The Morgan fingerprint density at radius 3 is 2.79 bits per heavy atom. The Morgan fingerprint density at radius 1 is 1.25 bits per heavy atom. The molecule has 1 N–H and O–H groups in total. The lowest BCUT2D eigenvalue weighted by Crippen LogP contribution is -2.29. The number of nitrogens with zero attached hydrogens (tertiary/aromatic N) is 3. The molecule has 0 bridgehead atoms. The monoisotopic (exact) mass is 384 g/mol. The van der Waals surface area contributed by atoms with Gasteiger partial charge in [0, 0.05) is 48.1 Å². The highest BCUT2D eigenvalue weighted by atomic mass is 79.9. The van der Waals surface area contributed by atoms with Crippen molar-refractivity contribution in [3.05, 3.63) is 52.9 Å². The highest BCUT2D eigenvalue weighted by Crippen LogP contribution is 2.32. The van der Waals surface area contributed by atoms with Gasteiger partial charge in [-0.15, -0.1) is 0 Å². The molecule has 0 aliphatic carbocycles. The van der Waals surface area contributed by atoms with Gasteiger partial charge in [0.1, 0.15) is 5.75 Å². The summed E-state index contributed by atoms with van der Waals surface area (Å²) in [5.41, 5.74) is 3.73. The second-order valence-corrected chi connectivity index (χ2v) is 6.66. The molecule has 122 valence electrons. The fraction of sp³-hybridized carbons (Fsp3) is 0.222.